The Morgan fingerprint density at radius 2 is 1.89 bits per heavy atom. The van der Waals surface area contributed by atoms with E-state index in [1.807, 2.05) is 0 Å². The zero-order chi connectivity index (χ0) is 19.8. The summed E-state index contributed by atoms with van der Waals surface area (Å²) < 4.78 is 2.06. The molecule has 0 amide bonds. The molecule has 0 fully saturated rings. The molecule has 1 aliphatic rings. The van der Waals surface area contributed by atoms with Gasteiger partial charge in [-0.3, -0.25) is 4.68 Å². The molecule has 0 bridgehead atoms. The van der Waals surface area contributed by atoms with E-state index in [0.29, 0.717) is 5.92 Å². The van der Waals surface area contributed by atoms with Crippen LogP contribution < -0.4 is 0 Å². The number of hydrogen-bond donors (Lipinski definition) is 2. The SMILES string of the molecule is CN(CCC1CCCc2c1cnn2C)Cc1ccccc1.O=C(O)C(=O)O. The number of fused-ring (bicyclic) bond motifs is 1. The van der Waals surface area contributed by atoms with Gasteiger partial charge in [-0.25, -0.2) is 9.59 Å². The summed E-state index contributed by atoms with van der Waals surface area (Å²) >= 11 is 0. The highest BCUT2D eigenvalue weighted by molar-refractivity contribution is 6.27. The lowest BCUT2D eigenvalue weighted by atomic mass is 9.85. The summed E-state index contributed by atoms with van der Waals surface area (Å²) in [5.74, 6) is -2.95. The van der Waals surface area contributed by atoms with Gasteiger partial charge in [-0.15, -0.1) is 0 Å². The van der Waals surface area contributed by atoms with Crippen molar-refractivity contribution in [2.24, 2.45) is 7.05 Å². The van der Waals surface area contributed by atoms with E-state index in [0.717, 1.165) is 13.1 Å². The molecule has 1 aromatic heterocycles. The maximum Gasteiger partial charge on any atom is 0.414 e. The topological polar surface area (TPSA) is 95.7 Å². The zero-order valence-corrected chi connectivity index (χ0v) is 15.8. The largest absolute Gasteiger partial charge is 0.473 e. The summed E-state index contributed by atoms with van der Waals surface area (Å²) in [7, 11) is 4.29. The van der Waals surface area contributed by atoms with Crippen molar-refractivity contribution in [1.29, 1.82) is 0 Å². The summed E-state index contributed by atoms with van der Waals surface area (Å²) in [5.41, 5.74) is 4.35. The van der Waals surface area contributed by atoms with E-state index >= 15 is 0 Å². The number of aliphatic carboxylic acids is 2. The fraction of sp³-hybridized carbons (Fsp3) is 0.450. The molecule has 3 rings (SSSR count). The second-order valence-corrected chi connectivity index (χ2v) is 6.88. The van der Waals surface area contributed by atoms with E-state index in [2.05, 4.69) is 65.3 Å². The Balaban J connectivity index is 0.000000380. The summed E-state index contributed by atoms with van der Waals surface area (Å²) in [5, 5.41) is 19.2. The third-order valence-electron chi connectivity index (χ3n) is 4.84. The molecule has 1 heterocycles. The molecule has 0 aliphatic heterocycles. The van der Waals surface area contributed by atoms with Crippen molar-refractivity contribution in [2.75, 3.05) is 13.6 Å². The number of aromatic nitrogens is 2. The van der Waals surface area contributed by atoms with Gasteiger partial charge in [0.05, 0.1) is 6.20 Å². The van der Waals surface area contributed by atoms with Crippen molar-refractivity contribution in [1.82, 2.24) is 14.7 Å². The Morgan fingerprint density at radius 3 is 2.52 bits per heavy atom. The molecule has 2 N–H and O–H groups in total. The predicted octanol–water partition coefficient (Wildman–Crippen LogP) is 2.52. The minimum atomic E-state index is -1.82. The van der Waals surface area contributed by atoms with Gasteiger partial charge >= 0.3 is 11.9 Å². The van der Waals surface area contributed by atoms with Crippen LogP contribution in [0.25, 0.3) is 0 Å². The molecule has 7 nitrogen and oxygen atoms in total. The smallest absolute Gasteiger partial charge is 0.414 e. The Hall–Kier alpha value is -2.67. The zero-order valence-electron chi connectivity index (χ0n) is 15.8. The predicted molar refractivity (Wildman–Crippen MR) is 102 cm³/mol. The van der Waals surface area contributed by atoms with Crippen molar-refractivity contribution in [3.8, 4) is 0 Å². The lowest BCUT2D eigenvalue weighted by Gasteiger charge is -2.25. The van der Waals surface area contributed by atoms with Crippen LogP contribution in [0.4, 0.5) is 0 Å². The fourth-order valence-corrected chi connectivity index (χ4v) is 3.45. The fourth-order valence-electron chi connectivity index (χ4n) is 3.45. The number of nitrogens with zero attached hydrogens (tertiary/aromatic N) is 3. The van der Waals surface area contributed by atoms with Crippen molar-refractivity contribution in [3.63, 3.8) is 0 Å². The third kappa shape index (κ3) is 6.21. The van der Waals surface area contributed by atoms with Crippen LogP contribution in [0.15, 0.2) is 36.5 Å². The number of rotatable bonds is 5. The Kier molecular flexibility index (Phi) is 7.55. The van der Waals surface area contributed by atoms with Crippen LogP contribution >= 0.6 is 0 Å². The second kappa shape index (κ2) is 9.87. The maximum atomic E-state index is 9.10. The molecule has 1 aromatic carbocycles. The van der Waals surface area contributed by atoms with Crippen LogP contribution in [-0.4, -0.2) is 50.4 Å². The van der Waals surface area contributed by atoms with Crippen LogP contribution in [0.2, 0.25) is 0 Å². The van der Waals surface area contributed by atoms with E-state index in [1.165, 1.54) is 42.5 Å². The molecule has 0 radical (unpaired) electrons. The second-order valence-electron chi connectivity index (χ2n) is 6.88. The average Bonchev–Trinajstić information content (AvgIpc) is 3.03. The van der Waals surface area contributed by atoms with Gasteiger partial charge in [-0.05, 0) is 56.3 Å². The van der Waals surface area contributed by atoms with Gasteiger partial charge in [0, 0.05) is 19.3 Å². The molecule has 1 unspecified atom stereocenters. The normalized spacial score (nSPS) is 15.6. The molecule has 0 saturated carbocycles. The number of carboxylic acid groups (broad SMARTS) is 2. The Morgan fingerprint density at radius 1 is 1.22 bits per heavy atom. The first-order valence-electron chi connectivity index (χ1n) is 9.08. The van der Waals surface area contributed by atoms with Crippen molar-refractivity contribution < 1.29 is 19.8 Å². The number of hydrogen-bond acceptors (Lipinski definition) is 4. The van der Waals surface area contributed by atoms with Crippen LogP contribution in [0, 0.1) is 0 Å². The monoisotopic (exact) mass is 373 g/mol. The van der Waals surface area contributed by atoms with Gasteiger partial charge in [0.25, 0.3) is 0 Å². The van der Waals surface area contributed by atoms with Gasteiger partial charge in [0.1, 0.15) is 0 Å². The quantitative estimate of drug-likeness (QED) is 0.782. The molecule has 7 heteroatoms. The maximum absolute atomic E-state index is 9.10. The highest BCUT2D eigenvalue weighted by Crippen LogP contribution is 2.33. The van der Waals surface area contributed by atoms with Gasteiger partial charge in [-0.2, -0.15) is 5.10 Å². The van der Waals surface area contributed by atoms with Crippen LogP contribution in [0.1, 0.15) is 42.0 Å². The van der Waals surface area contributed by atoms with Crippen LogP contribution in [0.3, 0.4) is 0 Å². The molecule has 146 valence electrons. The summed E-state index contributed by atoms with van der Waals surface area (Å²) in [6.07, 6.45) is 7.15. The highest BCUT2D eigenvalue weighted by atomic mass is 16.4. The number of benzene rings is 1. The summed E-state index contributed by atoms with van der Waals surface area (Å²) in [6.45, 7) is 2.18. The van der Waals surface area contributed by atoms with E-state index in [-0.39, 0.29) is 0 Å². The number of carboxylic acids is 2. The lowest BCUT2D eigenvalue weighted by Crippen LogP contribution is -2.22. The molecular formula is C20H27N3O4. The van der Waals surface area contributed by atoms with Crippen molar-refractivity contribution >= 4 is 11.9 Å². The standard InChI is InChI=1S/C18H25N3.C2H2O4/c1-20(14-15-7-4-3-5-8-15)12-11-16-9-6-10-18-17(16)13-19-21(18)2;3-1(4)2(5)6/h3-5,7-8,13,16H,6,9-12,14H2,1-2H3;(H,3,4)(H,5,6). The molecule has 2 aromatic rings. The van der Waals surface area contributed by atoms with E-state index < -0.39 is 11.9 Å². The molecule has 0 saturated heterocycles. The third-order valence-corrected chi connectivity index (χ3v) is 4.84. The number of carbonyl (C=O) groups is 2. The first-order valence-corrected chi connectivity index (χ1v) is 9.08. The summed E-state index contributed by atoms with van der Waals surface area (Å²) in [4.78, 5) is 20.6. The molecule has 0 spiro atoms. The molecule has 1 atom stereocenters. The van der Waals surface area contributed by atoms with Gasteiger partial charge in [0.15, 0.2) is 0 Å². The highest BCUT2D eigenvalue weighted by Gasteiger charge is 2.23. The minimum absolute atomic E-state index is 0.695. The Labute approximate surface area is 159 Å². The van der Waals surface area contributed by atoms with Crippen molar-refractivity contribution in [3.05, 3.63) is 53.3 Å². The molecule has 1 aliphatic carbocycles. The molecular weight excluding hydrogens is 346 g/mol. The van der Waals surface area contributed by atoms with Crippen LogP contribution in [0.5, 0.6) is 0 Å². The van der Waals surface area contributed by atoms with E-state index in [4.69, 9.17) is 19.8 Å². The van der Waals surface area contributed by atoms with Crippen molar-refractivity contribution in [2.45, 2.75) is 38.1 Å². The van der Waals surface area contributed by atoms with Gasteiger partial charge in [-0.1, -0.05) is 30.3 Å². The van der Waals surface area contributed by atoms with E-state index in [9.17, 15) is 0 Å². The average molecular weight is 373 g/mol. The van der Waals surface area contributed by atoms with Gasteiger partial charge < -0.3 is 15.1 Å². The molecule has 27 heavy (non-hydrogen) atoms. The van der Waals surface area contributed by atoms with Gasteiger partial charge in [0.2, 0.25) is 0 Å². The van der Waals surface area contributed by atoms with Crippen LogP contribution in [-0.2, 0) is 29.6 Å². The first kappa shape index (κ1) is 20.6. The number of aryl methyl sites for hydroxylation is 1. The first-order chi connectivity index (χ1) is 12.9. The van der Waals surface area contributed by atoms with E-state index in [1.54, 1.807) is 0 Å². The summed E-state index contributed by atoms with van der Waals surface area (Å²) in [6, 6.07) is 10.7. The Bertz CT molecular complexity index is 746. The minimum Gasteiger partial charge on any atom is -0.473 e. The lowest BCUT2D eigenvalue weighted by molar-refractivity contribution is -0.159.